The number of alkyl halides is 1. The number of hydrogen-bond acceptors (Lipinski definition) is 3. The lowest BCUT2D eigenvalue weighted by Gasteiger charge is -2.19. The summed E-state index contributed by atoms with van der Waals surface area (Å²) in [7, 11) is -3.38. The van der Waals surface area contributed by atoms with E-state index >= 15 is 0 Å². The molecule has 2 heterocycles. The Labute approximate surface area is 106 Å². The minimum Gasteiger partial charge on any atom is -0.270 e. The number of hydrogen-bond donors (Lipinski definition) is 0. The molecule has 0 radical (unpaired) electrons. The van der Waals surface area contributed by atoms with Gasteiger partial charge in [-0.1, -0.05) is 0 Å². The van der Waals surface area contributed by atoms with Crippen LogP contribution in [0.25, 0.3) is 0 Å². The van der Waals surface area contributed by atoms with Crippen molar-refractivity contribution in [2.24, 2.45) is 0 Å². The highest BCUT2D eigenvalue weighted by atomic mass is 35.5. The van der Waals surface area contributed by atoms with Gasteiger partial charge in [-0.15, -0.1) is 11.6 Å². The Bertz CT molecular complexity index is 485. The van der Waals surface area contributed by atoms with Crippen molar-refractivity contribution >= 4 is 21.6 Å². The van der Waals surface area contributed by atoms with Crippen molar-refractivity contribution in [1.29, 1.82) is 0 Å². The molecule has 1 saturated heterocycles. The second-order valence-corrected chi connectivity index (χ2v) is 6.50. The van der Waals surface area contributed by atoms with Crippen molar-refractivity contribution in [1.82, 2.24) is 14.1 Å². The molecule has 1 aliphatic rings. The first-order chi connectivity index (χ1) is 8.05. The predicted molar refractivity (Wildman–Crippen MR) is 65.5 cm³/mol. The topological polar surface area (TPSA) is 55.2 Å². The van der Waals surface area contributed by atoms with E-state index in [9.17, 15) is 8.42 Å². The second-order valence-electron chi connectivity index (χ2n) is 4.24. The maximum Gasteiger partial charge on any atom is 0.246 e. The number of rotatable bonds is 4. The Balaban J connectivity index is 2.24. The van der Waals surface area contributed by atoms with Crippen molar-refractivity contribution in [3.05, 3.63) is 12.4 Å². The third-order valence-electron chi connectivity index (χ3n) is 3.02. The molecule has 1 aromatic heterocycles. The average Bonchev–Trinajstić information content (AvgIpc) is 2.87. The molecule has 7 heteroatoms. The van der Waals surface area contributed by atoms with Crippen LogP contribution in [0.15, 0.2) is 17.3 Å². The van der Waals surface area contributed by atoms with E-state index in [1.54, 1.807) is 15.2 Å². The summed E-state index contributed by atoms with van der Waals surface area (Å²) in [5.74, 6) is 0.418. The highest BCUT2D eigenvalue weighted by Crippen LogP contribution is 2.25. The first kappa shape index (κ1) is 12.9. The zero-order chi connectivity index (χ0) is 12.5. The van der Waals surface area contributed by atoms with Crippen LogP contribution in [0.1, 0.15) is 19.8 Å². The molecule has 17 heavy (non-hydrogen) atoms. The number of sulfonamides is 1. The summed E-state index contributed by atoms with van der Waals surface area (Å²) < 4.78 is 27.7. The van der Waals surface area contributed by atoms with E-state index in [4.69, 9.17) is 11.6 Å². The van der Waals surface area contributed by atoms with E-state index in [-0.39, 0.29) is 10.9 Å². The highest BCUT2D eigenvalue weighted by Gasteiger charge is 2.33. The molecule has 0 spiro atoms. The molecule has 1 atom stereocenters. The molecule has 1 unspecified atom stereocenters. The molecule has 0 saturated carbocycles. The molecule has 2 rings (SSSR count). The highest BCUT2D eigenvalue weighted by molar-refractivity contribution is 7.89. The summed E-state index contributed by atoms with van der Waals surface area (Å²) in [4.78, 5) is 0.261. The Morgan fingerprint density at radius 2 is 2.35 bits per heavy atom. The Hall–Kier alpha value is -0.590. The minimum absolute atomic E-state index is 0.0800. The molecule has 0 bridgehead atoms. The van der Waals surface area contributed by atoms with E-state index in [0.717, 1.165) is 12.8 Å². The molecule has 0 amide bonds. The van der Waals surface area contributed by atoms with Gasteiger partial charge in [0.1, 0.15) is 4.90 Å². The quantitative estimate of drug-likeness (QED) is 0.780. The van der Waals surface area contributed by atoms with Crippen LogP contribution in [-0.4, -0.2) is 41.0 Å². The number of halogens is 1. The van der Waals surface area contributed by atoms with E-state index in [1.165, 1.54) is 6.20 Å². The van der Waals surface area contributed by atoms with Crippen LogP contribution >= 0.6 is 11.6 Å². The monoisotopic (exact) mass is 277 g/mol. The Morgan fingerprint density at radius 3 is 2.94 bits per heavy atom. The van der Waals surface area contributed by atoms with Crippen LogP contribution in [0.3, 0.4) is 0 Å². The first-order valence-corrected chi connectivity index (χ1v) is 7.63. The van der Waals surface area contributed by atoms with Gasteiger partial charge >= 0.3 is 0 Å². The summed E-state index contributed by atoms with van der Waals surface area (Å²) >= 11 is 5.59. The smallest absolute Gasteiger partial charge is 0.246 e. The van der Waals surface area contributed by atoms with Gasteiger partial charge in [0.25, 0.3) is 0 Å². The van der Waals surface area contributed by atoms with Crippen molar-refractivity contribution in [2.45, 2.75) is 37.2 Å². The zero-order valence-corrected chi connectivity index (χ0v) is 11.3. The number of aryl methyl sites for hydroxylation is 1. The fourth-order valence-electron chi connectivity index (χ4n) is 2.09. The van der Waals surface area contributed by atoms with Gasteiger partial charge in [0, 0.05) is 24.7 Å². The lowest BCUT2D eigenvalue weighted by Crippen LogP contribution is -2.33. The molecule has 1 fully saturated rings. The van der Waals surface area contributed by atoms with Crippen LogP contribution < -0.4 is 0 Å². The largest absolute Gasteiger partial charge is 0.270 e. The predicted octanol–water partition coefficient (Wildman–Crippen LogP) is 1.29. The summed E-state index contributed by atoms with van der Waals surface area (Å²) in [6.45, 7) is 3.06. The fourth-order valence-corrected chi connectivity index (χ4v) is 3.91. The number of nitrogens with zero attached hydrogens (tertiary/aromatic N) is 3. The van der Waals surface area contributed by atoms with E-state index in [0.29, 0.717) is 19.0 Å². The summed E-state index contributed by atoms with van der Waals surface area (Å²) in [6.07, 6.45) is 4.79. The maximum absolute atomic E-state index is 12.3. The van der Waals surface area contributed by atoms with Gasteiger partial charge in [0.15, 0.2) is 0 Å². The lowest BCUT2D eigenvalue weighted by molar-refractivity contribution is 0.408. The van der Waals surface area contributed by atoms with Crippen molar-refractivity contribution in [3.63, 3.8) is 0 Å². The molecule has 0 aromatic carbocycles. The van der Waals surface area contributed by atoms with Crippen molar-refractivity contribution in [2.75, 3.05) is 12.4 Å². The molecule has 0 aliphatic carbocycles. The van der Waals surface area contributed by atoms with Crippen LogP contribution in [0.5, 0.6) is 0 Å². The van der Waals surface area contributed by atoms with E-state index < -0.39 is 10.0 Å². The van der Waals surface area contributed by atoms with Gasteiger partial charge in [-0.25, -0.2) is 8.42 Å². The van der Waals surface area contributed by atoms with Gasteiger partial charge in [-0.2, -0.15) is 9.40 Å². The Morgan fingerprint density at radius 1 is 1.59 bits per heavy atom. The molecule has 96 valence electrons. The fraction of sp³-hybridized carbons (Fsp3) is 0.700. The molecule has 1 aromatic rings. The van der Waals surface area contributed by atoms with Crippen molar-refractivity contribution in [3.8, 4) is 0 Å². The first-order valence-electron chi connectivity index (χ1n) is 5.66. The van der Waals surface area contributed by atoms with Crippen LogP contribution in [-0.2, 0) is 16.6 Å². The SMILES string of the molecule is CC1CCCN1S(=O)(=O)c1cnn(CCCl)c1. The summed E-state index contributed by atoms with van der Waals surface area (Å²) in [6, 6.07) is 0.0800. The van der Waals surface area contributed by atoms with Gasteiger partial charge in [0.05, 0.1) is 12.7 Å². The van der Waals surface area contributed by atoms with Gasteiger partial charge < -0.3 is 0 Å². The van der Waals surface area contributed by atoms with Gasteiger partial charge in [0.2, 0.25) is 10.0 Å². The van der Waals surface area contributed by atoms with Crippen LogP contribution in [0, 0.1) is 0 Å². The molecular formula is C10H16ClN3O2S. The third kappa shape index (κ3) is 2.48. The Kier molecular flexibility index (Phi) is 3.75. The lowest BCUT2D eigenvalue weighted by atomic mass is 10.3. The minimum atomic E-state index is -3.38. The van der Waals surface area contributed by atoms with Crippen LogP contribution in [0.2, 0.25) is 0 Å². The summed E-state index contributed by atoms with van der Waals surface area (Å²) in [5.41, 5.74) is 0. The normalized spacial score (nSPS) is 22.1. The molecule has 5 nitrogen and oxygen atoms in total. The average molecular weight is 278 g/mol. The van der Waals surface area contributed by atoms with Crippen LogP contribution in [0.4, 0.5) is 0 Å². The molecule has 1 aliphatic heterocycles. The number of aromatic nitrogens is 2. The van der Waals surface area contributed by atoms with E-state index in [1.807, 2.05) is 6.92 Å². The molecular weight excluding hydrogens is 262 g/mol. The van der Waals surface area contributed by atoms with Gasteiger partial charge in [-0.05, 0) is 19.8 Å². The van der Waals surface area contributed by atoms with E-state index in [2.05, 4.69) is 5.10 Å². The van der Waals surface area contributed by atoms with Crippen molar-refractivity contribution < 1.29 is 8.42 Å². The standard InChI is InChI=1S/C10H16ClN3O2S/c1-9-3-2-5-14(9)17(15,16)10-7-12-13(8-10)6-4-11/h7-9H,2-6H2,1H3. The zero-order valence-electron chi connectivity index (χ0n) is 9.71. The molecule has 0 N–H and O–H groups in total. The third-order valence-corrected chi connectivity index (χ3v) is 5.16. The summed E-state index contributed by atoms with van der Waals surface area (Å²) in [5, 5.41) is 4.00. The van der Waals surface area contributed by atoms with Gasteiger partial charge in [-0.3, -0.25) is 4.68 Å². The second kappa shape index (κ2) is 4.96. The maximum atomic E-state index is 12.3.